The van der Waals surface area contributed by atoms with Crippen LogP contribution in [0.5, 0.6) is 0 Å². The van der Waals surface area contributed by atoms with Crippen molar-refractivity contribution < 1.29 is 23.1 Å². The lowest BCUT2D eigenvalue weighted by atomic mass is 10.4. The number of alkyl halides is 3. The number of rotatable bonds is 0. The maximum Gasteiger partial charge on any atom is 0.490 e. The lowest BCUT2D eigenvalue weighted by Gasteiger charge is -2.11. The summed E-state index contributed by atoms with van der Waals surface area (Å²) in [5, 5.41) is 13.6. The molecule has 0 atom stereocenters. The van der Waals surface area contributed by atoms with Crippen molar-refractivity contribution in [3.05, 3.63) is 0 Å². The summed E-state index contributed by atoms with van der Waals surface area (Å²) < 4.78 is 31.7. The lowest BCUT2D eigenvalue weighted by Crippen LogP contribution is -2.39. The highest BCUT2D eigenvalue weighted by Gasteiger charge is 2.38. The number of aliphatic carboxylic acids is 1. The van der Waals surface area contributed by atoms with E-state index in [1.54, 1.807) is 0 Å². The predicted molar refractivity (Wildman–Crippen MR) is 39.4 cm³/mol. The van der Waals surface area contributed by atoms with Crippen molar-refractivity contribution in [3.63, 3.8) is 0 Å². The van der Waals surface area contributed by atoms with Crippen LogP contribution >= 0.6 is 0 Å². The average Bonchev–Trinajstić information content (AvgIpc) is 2.07. The van der Waals surface area contributed by atoms with Gasteiger partial charge in [-0.1, -0.05) is 0 Å². The van der Waals surface area contributed by atoms with Crippen molar-refractivity contribution in [2.45, 2.75) is 6.18 Å². The van der Waals surface area contributed by atoms with E-state index in [2.05, 4.69) is 10.6 Å². The fourth-order valence-corrected chi connectivity index (χ4v) is 0.604. The van der Waals surface area contributed by atoms with Crippen molar-refractivity contribution in [1.29, 1.82) is 0 Å². The molecular formula is C6H11F3N2O2. The molecule has 0 saturated carbocycles. The van der Waals surface area contributed by atoms with E-state index in [0.717, 1.165) is 26.2 Å². The van der Waals surface area contributed by atoms with Gasteiger partial charge < -0.3 is 15.7 Å². The molecule has 78 valence electrons. The molecule has 1 fully saturated rings. The molecule has 1 rings (SSSR count). The molecule has 13 heavy (non-hydrogen) atoms. The third-order valence-corrected chi connectivity index (χ3v) is 1.20. The number of carboxylic acids is 1. The van der Waals surface area contributed by atoms with Gasteiger partial charge in [0.1, 0.15) is 0 Å². The summed E-state index contributed by atoms with van der Waals surface area (Å²) in [5.74, 6) is -2.76. The first-order valence-corrected chi connectivity index (χ1v) is 3.66. The van der Waals surface area contributed by atoms with Crippen LogP contribution in [-0.2, 0) is 4.79 Å². The molecule has 1 aliphatic rings. The molecule has 0 amide bonds. The lowest BCUT2D eigenvalue weighted by molar-refractivity contribution is -0.192. The zero-order chi connectivity index (χ0) is 10.3. The topological polar surface area (TPSA) is 61.4 Å². The normalized spacial score (nSPS) is 17.2. The highest BCUT2D eigenvalue weighted by atomic mass is 19.4. The van der Waals surface area contributed by atoms with Gasteiger partial charge in [0.05, 0.1) is 0 Å². The van der Waals surface area contributed by atoms with E-state index in [1.165, 1.54) is 0 Å². The van der Waals surface area contributed by atoms with E-state index in [9.17, 15) is 13.2 Å². The van der Waals surface area contributed by atoms with E-state index < -0.39 is 12.1 Å². The summed E-state index contributed by atoms with van der Waals surface area (Å²) in [6.45, 7) is 4.56. The number of carbonyl (C=O) groups is 1. The molecule has 0 aromatic rings. The van der Waals surface area contributed by atoms with E-state index in [-0.39, 0.29) is 0 Å². The Hall–Kier alpha value is -0.820. The molecule has 0 aromatic carbocycles. The Balaban J connectivity index is 0.000000223. The number of carboxylic acid groups (broad SMARTS) is 1. The fourth-order valence-electron chi connectivity index (χ4n) is 0.604. The molecule has 0 radical (unpaired) electrons. The summed E-state index contributed by atoms with van der Waals surface area (Å²) in [7, 11) is 0. The van der Waals surface area contributed by atoms with Crippen LogP contribution in [0.4, 0.5) is 13.2 Å². The highest BCUT2D eigenvalue weighted by molar-refractivity contribution is 5.73. The zero-order valence-electron chi connectivity index (χ0n) is 6.82. The Morgan fingerprint density at radius 3 is 1.38 bits per heavy atom. The van der Waals surface area contributed by atoms with Crippen molar-refractivity contribution in [2.75, 3.05) is 26.2 Å². The quantitative estimate of drug-likeness (QED) is 0.507. The first kappa shape index (κ1) is 12.2. The van der Waals surface area contributed by atoms with Crippen LogP contribution in [0.3, 0.4) is 0 Å². The molecule has 0 unspecified atom stereocenters. The number of nitrogens with one attached hydrogen (secondary N) is 2. The van der Waals surface area contributed by atoms with Crippen LogP contribution in [-0.4, -0.2) is 43.4 Å². The monoisotopic (exact) mass is 200 g/mol. The Kier molecular flexibility index (Phi) is 5.40. The van der Waals surface area contributed by atoms with Crippen LogP contribution in [0.1, 0.15) is 0 Å². The number of hydrogen-bond donors (Lipinski definition) is 3. The second kappa shape index (κ2) is 5.76. The summed E-state index contributed by atoms with van der Waals surface area (Å²) in [5.41, 5.74) is 0. The Bertz CT molecular complexity index is 145. The second-order valence-corrected chi connectivity index (χ2v) is 2.30. The molecule has 1 saturated heterocycles. The smallest absolute Gasteiger partial charge is 0.475 e. The second-order valence-electron chi connectivity index (χ2n) is 2.30. The molecule has 0 bridgehead atoms. The number of halogens is 3. The summed E-state index contributed by atoms with van der Waals surface area (Å²) in [4.78, 5) is 8.90. The van der Waals surface area contributed by atoms with Crippen LogP contribution in [0.2, 0.25) is 0 Å². The molecule has 4 nitrogen and oxygen atoms in total. The largest absolute Gasteiger partial charge is 0.490 e. The minimum Gasteiger partial charge on any atom is -0.475 e. The zero-order valence-corrected chi connectivity index (χ0v) is 6.82. The van der Waals surface area contributed by atoms with E-state index in [4.69, 9.17) is 9.90 Å². The van der Waals surface area contributed by atoms with Gasteiger partial charge in [0.15, 0.2) is 0 Å². The van der Waals surface area contributed by atoms with Gasteiger partial charge in [-0.3, -0.25) is 0 Å². The van der Waals surface area contributed by atoms with Gasteiger partial charge in [0.25, 0.3) is 0 Å². The Labute approximate surface area is 73.1 Å². The van der Waals surface area contributed by atoms with Crippen molar-refractivity contribution in [1.82, 2.24) is 10.6 Å². The molecular weight excluding hydrogens is 189 g/mol. The molecule has 1 heterocycles. The molecule has 0 aromatic heterocycles. The van der Waals surface area contributed by atoms with Gasteiger partial charge in [0.2, 0.25) is 0 Å². The third-order valence-electron chi connectivity index (χ3n) is 1.20. The number of hydrogen-bond acceptors (Lipinski definition) is 3. The molecule has 7 heteroatoms. The minimum atomic E-state index is -5.08. The van der Waals surface area contributed by atoms with E-state index in [0.29, 0.717) is 0 Å². The van der Waals surface area contributed by atoms with Gasteiger partial charge >= 0.3 is 12.1 Å². The highest BCUT2D eigenvalue weighted by Crippen LogP contribution is 2.13. The molecule has 0 aliphatic carbocycles. The average molecular weight is 200 g/mol. The van der Waals surface area contributed by atoms with Gasteiger partial charge in [-0.25, -0.2) is 4.79 Å². The Morgan fingerprint density at radius 2 is 1.31 bits per heavy atom. The van der Waals surface area contributed by atoms with Crippen molar-refractivity contribution in [2.24, 2.45) is 0 Å². The van der Waals surface area contributed by atoms with Crippen molar-refractivity contribution >= 4 is 5.97 Å². The molecule has 0 spiro atoms. The van der Waals surface area contributed by atoms with Gasteiger partial charge in [-0.2, -0.15) is 13.2 Å². The summed E-state index contributed by atoms with van der Waals surface area (Å²) in [6.07, 6.45) is -5.08. The maximum absolute atomic E-state index is 10.6. The summed E-state index contributed by atoms with van der Waals surface area (Å²) in [6, 6.07) is 0. The minimum absolute atomic E-state index is 1.14. The molecule has 3 N–H and O–H groups in total. The standard InChI is InChI=1S/C4H10N2.C2HF3O2/c1-2-6-4-3-5-1;3-2(4,5)1(6)7/h5-6H,1-4H2;(H,6,7). The van der Waals surface area contributed by atoms with Crippen LogP contribution in [0.15, 0.2) is 0 Å². The third kappa shape index (κ3) is 7.54. The van der Waals surface area contributed by atoms with Crippen LogP contribution in [0.25, 0.3) is 0 Å². The van der Waals surface area contributed by atoms with Gasteiger partial charge in [0, 0.05) is 26.2 Å². The first-order valence-electron chi connectivity index (χ1n) is 3.66. The van der Waals surface area contributed by atoms with Gasteiger partial charge in [-0.15, -0.1) is 0 Å². The van der Waals surface area contributed by atoms with Crippen molar-refractivity contribution in [3.8, 4) is 0 Å². The first-order chi connectivity index (χ1) is 5.94. The maximum atomic E-state index is 10.6. The van der Waals surface area contributed by atoms with Crippen LogP contribution < -0.4 is 10.6 Å². The number of piperazine rings is 1. The SMILES string of the molecule is C1CNCCN1.O=C(O)C(F)(F)F. The van der Waals surface area contributed by atoms with E-state index >= 15 is 0 Å². The van der Waals surface area contributed by atoms with E-state index in [1.807, 2.05) is 0 Å². The van der Waals surface area contributed by atoms with Crippen LogP contribution in [0, 0.1) is 0 Å². The predicted octanol–water partition coefficient (Wildman–Crippen LogP) is -0.188. The van der Waals surface area contributed by atoms with Gasteiger partial charge in [-0.05, 0) is 0 Å². The Morgan fingerprint density at radius 1 is 1.08 bits per heavy atom. The summed E-state index contributed by atoms with van der Waals surface area (Å²) >= 11 is 0. The fraction of sp³-hybridized carbons (Fsp3) is 0.833. The molecule has 1 aliphatic heterocycles.